The Bertz CT molecular complexity index is 897. The fraction of sp³-hybridized carbons (Fsp3) is 0.238. The molecular weight excluding hydrogens is 414 g/mol. The Kier molecular flexibility index (Phi) is 7.36. The quantitative estimate of drug-likeness (QED) is 0.350. The van der Waals surface area contributed by atoms with E-state index in [4.69, 9.17) is 33.3 Å². The predicted molar refractivity (Wildman–Crippen MR) is 119 cm³/mol. The number of thiocarbonyl (C=S) groups is 1. The van der Waals surface area contributed by atoms with Gasteiger partial charge >= 0.3 is 0 Å². The van der Waals surface area contributed by atoms with Crippen LogP contribution in [0.3, 0.4) is 0 Å². The van der Waals surface area contributed by atoms with E-state index in [9.17, 15) is 4.79 Å². The summed E-state index contributed by atoms with van der Waals surface area (Å²) in [7, 11) is 0. The molecule has 4 nitrogen and oxygen atoms in total. The maximum absolute atomic E-state index is 11.9. The third-order valence-corrected chi connectivity index (χ3v) is 5.44. The number of hydrogen-bond acceptors (Lipinski definition) is 5. The molecular formula is C21H20ClNO3S2. The second-order valence-corrected chi connectivity index (χ2v) is 8.24. The molecule has 1 fully saturated rings. The fourth-order valence-corrected chi connectivity index (χ4v) is 3.79. The molecule has 1 saturated heterocycles. The van der Waals surface area contributed by atoms with Gasteiger partial charge in [0.15, 0.2) is 0 Å². The highest BCUT2D eigenvalue weighted by Crippen LogP contribution is 2.31. The highest BCUT2D eigenvalue weighted by Gasteiger charge is 2.22. The van der Waals surface area contributed by atoms with Crippen LogP contribution in [0.2, 0.25) is 5.02 Å². The molecule has 0 aromatic heterocycles. The molecule has 1 aliphatic heterocycles. The van der Waals surface area contributed by atoms with Crippen LogP contribution in [0, 0.1) is 0 Å². The number of halogens is 1. The number of rotatable bonds is 8. The van der Waals surface area contributed by atoms with Crippen molar-refractivity contribution in [2.75, 3.05) is 13.2 Å². The van der Waals surface area contributed by atoms with E-state index in [2.05, 4.69) is 24.4 Å². The minimum absolute atomic E-state index is 0.205. The van der Waals surface area contributed by atoms with Gasteiger partial charge in [-0.3, -0.25) is 4.79 Å². The Labute approximate surface area is 179 Å². The number of carbonyl (C=O) groups excluding carboxylic acids is 1. The van der Waals surface area contributed by atoms with Crippen molar-refractivity contribution in [1.29, 1.82) is 0 Å². The highest BCUT2D eigenvalue weighted by atomic mass is 35.5. The molecule has 2 aromatic rings. The average Bonchev–Trinajstić information content (AvgIpc) is 3.00. The largest absolute Gasteiger partial charge is 0.493 e. The van der Waals surface area contributed by atoms with Crippen LogP contribution in [0.1, 0.15) is 24.5 Å². The molecule has 1 heterocycles. The summed E-state index contributed by atoms with van der Waals surface area (Å²) in [5.41, 5.74) is 2.03. The van der Waals surface area contributed by atoms with Crippen molar-refractivity contribution in [2.45, 2.75) is 19.8 Å². The molecule has 1 aliphatic rings. The first kappa shape index (κ1) is 20.7. The second-order valence-electron chi connectivity index (χ2n) is 6.08. The van der Waals surface area contributed by atoms with Crippen LogP contribution in [-0.2, 0) is 11.2 Å². The molecule has 0 radical (unpaired) electrons. The van der Waals surface area contributed by atoms with Crippen LogP contribution in [-0.4, -0.2) is 23.4 Å². The van der Waals surface area contributed by atoms with E-state index in [1.807, 2.05) is 12.1 Å². The van der Waals surface area contributed by atoms with Crippen LogP contribution in [0.15, 0.2) is 47.4 Å². The van der Waals surface area contributed by atoms with Gasteiger partial charge in [-0.15, -0.1) is 0 Å². The van der Waals surface area contributed by atoms with Gasteiger partial charge in [-0.1, -0.05) is 54.6 Å². The van der Waals surface area contributed by atoms with Crippen LogP contribution in [0.25, 0.3) is 6.08 Å². The number of hydrogen-bond donors (Lipinski definition) is 1. The molecule has 28 heavy (non-hydrogen) atoms. The van der Waals surface area contributed by atoms with Crippen molar-refractivity contribution in [3.05, 3.63) is 63.5 Å². The molecule has 0 atom stereocenters. The number of benzene rings is 2. The number of carbonyl (C=O) groups is 1. The zero-order valence-corrected chi connectivity index (χ0v) is 17.8. The van der Waals surface area contributed by atoms with Crippen LogP contribution in [0.5, 0.6) is 11.5 Å². The Morgan fingerprint density at radius 2 is 1.89 bits per heavy atom. The molecule has 0 unspecified atom stereocenters. The van der Waals surface area contributed by atoms with E-state index in [1.54, 1.807) is 24.3 Å². The topological polar surface area (TPSA) is 47.6 Å². The minimum Gasteiger partial charge on any atom is -0.493 e. The van der Waals surface area contributed by atoms with E-state index in [0.29, 0.717) is 33.2 Å². The fourth-order valence-electron chi connectivity index (χ4n) is 2.58. The van der Waals surface area contributed by atoms with Crippen LogP contribution >= 0.6 is 35.6 Å². The Morgan fingerprint density at radius 1 is 1.14 bits per heavy atom. The summed E-state index contributed by atoms with van der Waals surface area (Å²) in [5, 5.41) is 3.17. The van der Waals surface area contributed by atoms with Crippen LogP contribution in [0.4, 0.5) is 0 Å². The smallest absolute Gasteiger partial charge is 0.263 e. The summed E-state index contributed by atoms with van der Waals surface area (Å²) < 4.78 is 12.1. The van der Waals surface area contributed by atoms with Crippen molar-refractivity contribution >= 4 is 51.9 Å². The van der Waals surface area contributed by atoms with E-state index >= 15 is 0 Å². The lowest BCUT2D eigenvalue weighted by molar-refractivity contribution is -0.115. The zero-order valence-electron chi connectivity index (χ0n) is 15.4. The first-order valence-corrected chi connectivity index (χ1v) is 10.5. The number of amides is 1. The summed E-state index contributed by atoms with van der Waals surface area (Å²) in [5.74, 6) is 1.31. The van der Waals surface area contributed by atoms with Crippen molar-refractivity contribution in [2.24, 2.45) is 0 Å². The maximum Gasteiger partial charge on any atom is 0.263 e. The normalized spacial score (nSPS) is 15.0. The second kappa shape index (κ2) is 9.96. The average molecular weight is 434 g/mol. The SMILES string of the molecule is CCc1ccc(OCCCOc2ccc(Cl)cc2/C=C2/SC(=S)NC2=O)cc1. The molecule has 0 aliphatic carbocycles. The van der Waals surface area contributed by atoms with Gasteiger partial charge in [-0.05, 0) is 48.4 Å². The molecule has 0 saturated carbocycles. The molecule has 7 heteroatoms. The lowest BCUT2D eigenvalue weighted by Gasteiger charge is -2.11. The Morgan fingerprint density at radius 3 is 2.57 bits per heavy atom. The Balaban J connectivity index is 1.55. The van der Waals surface area contributed by atoms with E-state index in [0.717, 1.165) is 24.2 Å². The van der Waals surface area contributed by atoms with Crippen LogP contribution < -0.4 is 14.8 Å². The monoisotopic (exact) mass is 433 g/mol. The number of aryl methyl sites for hydroxylation is 1. The molecule has 0 bridgehead atoms. The third-order valence-electron chi connectivity index (χ3n) is 4.05. The standard InChI is InChI=1S/C21H20ClNO3S2/c1-2-14-4-7-17(8-5-14)25-10-3-11-26-18-9-6-16(22)12-15(18)13-19-20(24)23-21(27)28-19/h4-9,12-13H,2-3,10-11H2,1H3,(H,23,24,27)/b19-13+. The summed E-state index contributed by atoms with van der Waals surface area (Å²) in [4.78, 5) is 12.4. The molecule has 3 rings (SSSR count). The summed E-state index contributed by atoms with van der Waals surface area (Å²) in [6.45, 7) is 3.17. The Hall–Kier alpha value is -2.02. The maximum atomic E-state index is 11.9. The van der Waals surface area contributed by atoms with E-state index in [-0.39, 0.29) is 5.91 Å². The minimum atomic E-state index is -0.205. The number of ether oxygens (including phenoxy) is 2. The van der Waals surface area contributed by atoms with Crippen molar-refractivity contribution in [3.8, 4) is 11.5 Å². The molecule has 146 valence electrons. The van der Waals surface area contributed by atoms with Gasteiger partial charge in [0.1, 0.15) is 15.8 Å². The molecule has 0 spiro atoms. The van der Waals surface area contributed by atoms with E-state index in [1.165, 1.54) is 17.3 Å². The molecule has 2 aromatic carbocycles. The number of nitrogens with one attached hydrogen (secondary N) is 1. The van der Waals surface area contributed by atoms with Gasteiger partial charge in [0.05, 0.1) is 18.1 Å². The molecule has 1 amide bonds. The van der Waals surface area contributed by atoms with Gasteiger partial charge < -0.3 is 14.8 Å². The van der Waals surface area contributed by atoms with Gasteiger partial charge in [0.25, 0.3) is 5.91 Å². The number of thioether (sulfide) groups is 1. The highest BCUT2D eigenvalue weighted by molar-refractivity contribution is 8.26. The summed E-state index contributed by atoms with van der Waals surface area (Å²) >= 11 is 12.4. The van der Waals surface area contributed by atoms with Gasteiger partial charge in [-0.25, -0.2) is 0 Å². The first-order chi connectivity index (χ1) is 13.5. The summed E-state index contributed by atoms with van der Waals surface area (Å²) in [6.07, 6.45) is 3.49. The lowest BCUT2D eigenvalue weighted by atomic mass is 10.2. The third kappa shape index (κ3) is 5.74. The zero-order chi connectivity index (χ0) is 19.9. The van der Waals surface area contributed by atoms with E-state index < -0.39 is 0 Å². The van der Waals surface area contributed by atoms with Gasteiger partial charge in [-0.2, -0.15) is 0 Å². The predicted octanol–water partition coefficient (Wildman–Crippen LogP) is 5.24. The molecule has 1 N–H and O–H groups in total. The first-order valence-electron chi connectivity index (χ1n) is 8.94. The van der Waals surface area contributed by atoms with Gasteiger partial charge in [0.2, 0.25) is 0 Å². The summed E-state index contributed by atoms with van der Waals surface area (Å²) in [6, 6.07) is 13.4. The van der Waals surface area contributed by atoms with Crippen molar-refractivity contribution in [3.63, 3.8) is 0 Å². The van der Waals surface area contributed by atoms with Gasteiger partial charge in [0, 0.05) is 17.0 Å². The lowest BCUT2D eigenvalue weighted by Crippen LogP contribution is -2.17. The van der Waals surface area contributed by atoms with Crippen molar-refractivity contribution < 1.29 is 14.3 Å². The van der Waals surface area contributed by atoms with Crippen molar-refractivity contribution in [1.82, 2.24) is 5.32 Å².